The van der Waals surface area contributed by atoms with Crippen molar-refractivity contribution < 1.29 is 9.18 Å². The second-order valence-corrected chi connectivity index (χ2v) is 4.83. The fourth-order valence-corrected chi connectivity index (χ4v) is 2.20. The van der Waals surface area contributed by atoms with Crippen LogP contribution in [0.5, 0.6) is 0 Å². The number of hydrogen-bond acceptors (Lipinski definition) is 3. The second-order valence-electron chi connectivity index (χ2n) is 4.83. The van der Waals surface area contributed by atoms with Crippen LogP contribution in [0.3, 0.4) is 0 Å². The normalized spacial score (nSPS) is 10.5. The molecule has 1 heterocycles. The summed E-state index contributed by atoms with van der Waals surface area (Å²) in [5, 5.41) is 12.5. The van der Waals surface area contributed by atoms with Crippen LogP contribution in [0.4, 0.5) is 14.9 Å². The Balaban J connectivity index is 1.74. The van der Waals surface area contributed by atoms with Gasteiger partial charge in [-0.2, -0.15) is 5.10 Å². The molecule has 0 bridgehead atoms. The maximum atomic E-state index is 13.5. The number of hydrogen-bond donors (Lipinski definition) is 3. The number of amides is 2. The van der Waals surface area contributed by atoms with Crippen molar-refractivity contribution >= 4 is 22.5 Å². The highest BCUT2D eigenvalue weighted by Gasteiger charge is 2.09. The van der Waals surface area contributed by atoms with Gasteiger partial charge >= 0.3 is 6.03 Å². The van der Waals surface area contributed by atoms with E-state index in [0.717, 1.165) is 0 Å². The minimum absolute atomic E-state index is 0.0873. The quantitative estimate of drug-likeness (QED) is 0.694. The number of H-pyrrole nitrogens is 1. The largest absolute Gasteiger partial charge is 0.332 e. The molecule has 0 spiro atoms. The number of para-hydroxylation sites is 1. The molecule has 0 fully saturated rings. The van der Waals surface area contributed by atoms with Crippen molar-refractivity contribution in [2.75, 3.05) is 5.32 Å². The molecule has 116 valence electrons. The summed E-state index contributed by atoms with van der Waals surface area (Å²) in [7, 11) is 0. The third-order valence-corrected chi connectivity index (χ3v) is 3.31. The number of carbonyl (C=O) groups excluding carboxylic acids is 1. The van der Waals surface area contributed by atoms with Crippen molar-refractivity contribution in [1.82, 2.24) is 15.5 Å². The number of halogens is 1. The monoisotopic (exact) mass is 312 g/mol. The molecule has 0 aliphatic heterocycles. The highest BCUT2D eigenvalue weighted by Crippen LogP contribution is 2.13. The average molecular weight is 312 g/mol. The molecule has 1 aromatic heterocycles. The molecule has 3 rings (SSSR count). The Morgan fingerprint density at radius 2 is 1.78 bits per heavy atom. The van der Waals surface area contributed by atoms with Crippen LogP contribution in [0.25, 0.3) is 10.8 Å². The fourth-order valence-electron chi connectivity index (χ4n) is 2.20. The summed E-state index contributed by atoms with van der Waals surface area (Å²) in [6, 6.07) is 12.3. The summed E-state index contributed by atoms with van der Waals surface area (Å²) >= 11 is 0. The molecule has 2 aromatic carbocycles. The van der Waals surface area contributed by atoms with Crippen LogP contribution in [0.1, 0.15) is 5.69 Å². The molecule has 0 saturated carbocycles. The van der Waals surface area contributed by atoms with Crippen molar-refractivity contribution in [3.8, 4) is 0 Å². The van der Waals surface area contributed by atoms with Crippen LogP contribution in [0.2, 0.25) is 0 Å². The Bertz CT molecular complexity index is 923. The van der Waals surface area contributed by atoms with Crippen molar-refractivity contribution in [2.45, 2.75) is 6.54 Å². The van der Waals surface area contributed by atoms with Gasteiger partial charge in [0.2, 0.25) is 0 Å². The van der Waals surface area contributed by atoms with Crippen molar-refractivity contribution in [1.29, 1.82) is 0 Å². The van der Waals surface area contributed by atoms with E-state index in [0.29, 0.717) is 16.5 Å². The number of fused-ring (bicyclic) bond motifs is 1. The van der Waals surface area contributed by atoms with Gasteiger partial charge in [0, 0.05) is 5.39 Å². The van der Waals surface area contributed by atoms with Crippen molar-refractivity contribution in [3.05, 3.63) is 70.4 Å². The summed E-state index contributed by atoms with van der Waals surface area (Å²) in [4.78, 5) is 23.5. The first-order valence-electron chi connectivity index (χ1n) is 6.91. The molecule has 0 aliphatic rings. The number of anilines is 1. The first kappa shape index (κ1) is 14.7. The van der Waals surface area contributed by atoms with Crippen molar-refractivity contribution in [2.24, 2.45) is 0 Å². The zero-order valence-corrected chi connectivity index (χ0v) is 12.0. The number of benzene rings is 2. The summed E-state index contributed by atoms with van der Waals surface area (Å²) in [6.07, 6.45) is 0. The number of nitrogens with one attached hydrogen (secondary N) is 3. The molecule has 0 radical (unpaired) electrons. The number of urea groups is 1. The minimum Gasteiger partial charge on any atom is -0.332 e. The lowest BCUT2D eigenvalue weighted by atomic mass is 10.1. The highest BCUT2D eigenvalue weighted by atomic mass is 19.1. The van der Waals surface area contributed by atoms with E-state index in [1.807, 2.05) is 0 Å². The topological polar surface area (TPSA) is 86.9 Å². The van der Waals surface area contributed by atoms with E-state index < -0.39 is 11.8 Å². The lowest BCUT2D eigenvalue weighted by Gasteiger charge is -2.09. The van der Waals surface area contributed by atoms with Gasteiger partial charge in [-0.05, 0) is 18.2 Å². The third-order valence-electron chi connectivity index (χ3n) is 3.31. The summed E-state index contributed by atoms with van der Waals surface area (Å²) in [5.74, 6) is -0.518. The standard InChI is InChI=1S/C16H13FN4O2/c17-12-7-3-4-8-13(12)19-16(23)18-9-14-10-5-1-2-6-11(10)15(22)21-20-14/h1-8H,9H2,(H,21,22)(H2,18,19,23). The maximum absolute atomic E-state index is 13.5. The molecule has 0 aliphatic carbocycles. The Hall–Kier alpha value is -3.22. The molecule has 0 saturated heterocycles. The van der Waals surface area contributed by atoms with Crippen LogP contribution in [-0.4, -0.2) is 16.2 Å². The van der Waals surface area contributed by atoms with Crippen LogP contribution in [0.15, 0.2) is 53.3 Å². The van der Waals surface area contributed by atoms with E-state index in [9.17, 15) is 14.0 Å². The zero-order valence-electron chi connectivity index (χ0n) is 12.0. The summed E-state index contributed by atoms with van der Waals surface area (Å²) < 4.78 is 13.5. The van der Waals surface area contributed by atoms with Gasteiger partial charge in [-0.1, -0.05) is 30.3 Å². The molecular formula is C16H13FN4O2. The predicted octanol–water partition coefficient (Wildman–Crippen LogP) is 2.38. The number of nitrogens with zero attached hydrogens (tertiary/aromatic N) is 1. The van der Waals surface area contributed by atoms with E-state index in [1.165, 1.54) is 18.2 Å². The molecule has 3 aromatic rings. The van der Waals surface area contributed by atoms with Crippen LogP contribution in [-0.2, 0) is 6.54 Å². The molecular weight excluding hydrogens is 299 g/mol. The third kappa shape index (κ3) is 3.18. The average Bonchev–Trinajstić information content (AvgIpc) is 2.57. The lowest BCUT2D eigenvalue weighted by Crippen LogP contribution is -2.29. The Labute approximate surface area is 130 Å². The predicted molar refractivity (Wildman–Crippen MR) is 84.6 cm³/mol. The fraction of sp³-hybridized carbons (Fsp3) is 0.0625. The van der Waals surface area contributed by atoms with Gasteiger partial charge in [0.1, 0.15) is 5.82 Å². The molecule has 2 amide bonds. The van der Waals surface area contributed by atoms with E-state index in [2.05, 4.69) is 20.8 Å². The van der Waals surface area contributed by atoms with Gasteiger partial charge in [0.25, 0.3) is 5.56 Å². The molecule has 6 nitrogen and oxygen atoms in total. The van der Waals surface area contributed by atoms with E-state index in [-0.39, 0.29) is 17.8 Å². The molecule has 0 unspecified atom stereocenters. The maximum Gasteiger partial charge on any atom is 0.319 e. The van der Waals surface area contributed by atoms with Gasteiger partial charge in [-0.15, -0.1) is 0 Å². The smallest absolute Gasteiger partial charge is 0.319 e. The first-order chi connectivity index (χ1) is 11.1. The molecule has 0 atom stereocenters. The second kappa shape index (κ2) is 6.27. The minimum atomic E-state index is -0.563. The first-order valence-corrected chi connectivity index (χ1v) is 6.91. The SMILES string of the molecule is O=C(NCc1n[nH]c(=O)c2ccccc12)Nc1ccccc1F. The van der Waals surface area contributed by atoms with E-state index in [1.54, 1.807) is 30.3 Å². The van der Waals surface area contributed by atoms with Gasteiger partial charge in [0.15, 0.2) is 0 Å². The van der Waals surface area contributed by atoms with E-state index in [4.69, 9.17) is 0 Å². The number of carbonyl (C=O) groups is 1. The van der Waals surface area contributed by atoms with Crippen LogP contribution < -0.4 is 16.2 Å². The van der Waals surface area contributed by atoms with Crippen LogP contribution >= 0.6 is 0 Å². The van der Waals surface area contributed by atoms with Gasteiger partial charge in [-0.25, -0.2) is 14.3 Å². The number of rotatable bonds is 3. The van der Waals surface area contributed by atoms with Gasteiger partial charge < -0.3 is 10.6 Å². The Morgan fingerprint density at radius 1 is 1.09 bits per heavy atom. The lowest BCUT2D eigenvalue weighted by molar-refractivity contribution is 0.251. The zero-order chi connectivity index (χ0) is 16.2. The van der Waals surface area contributed by atoms with E-state index >= 15 is 0 Å². The summed E-state index contributed by atoms with van der Waals surface area (Å²) in [5.41, 5.74) is 0.313. The number of aromatic amines is 1. The molecule has 23 heavy (non-hydrogen) atoms. The molecule has 7 heteroatoms. The number of aromatic nitrogens is 2. The summed E-state index contributed by atoms with van der Waals surface area (Å²) in [6.45, 7) is 0.0948. The van der Waals surface area contributed by atoms with Crippen LogP contribution in [0, 0.1) is 5.82 Å². The van der Waals surface area contributed by atoms with Crippen molar-refractivity contribution in [3.63, 3.8) is 0 Å². The van der Waals surface area contributed by atoms with Gasteiger partial charge in [0.05, 0.1) is 23.3 Å². The Kier molecular flexibility index (Phi) is 4.01. The Morgan fingerprint density at radius 3 is 2.57 bits per heavy atom. The highest BCUT2D eigenvalue weighted by molar-refractivity contribution is 5.90. The molecule has 3 N–H and O–H groups in total. The van der Waals surface area contributed by atoms with Gasteiger partial charge in [-0.3, -0.25) is 4.79 Å².